The lowest BCUT2D eigenvalue weighted by atomic mass is 10.1. The molecule has 4 nitrogen and oxygen atoms in total. The summed E-state index contributed by atoms with van der Waals surface area (Å²) < 4.78 is 16.7. The van der Waals surface area contributed by atoms with Gasteiger partial charge in [-0.05, 0) is 30.5 Å². The van der Waals surface area contributed by atoms with Crippen LogP contribution in [0.4, 0.5) is 0 Å². The van der Waals surface area contributed by atoms with Gasteiger partial charge < -0.3 is 19.5 Å². The van der Waals surface area contributed by atoms with E-state index in [1.54, 1.807) is 0 Å². The minimum absolute atomic E-state index is 0.579. The first-order chi connectivity index (χ1) is 10.2. The van der Waals surface area contributed by atoms with E-state index in [0.29, 0.717) is 30.8 Å². The van der Waals surface area contributed by atoms with E-state index in [0.717, 1.165) is 43.2 Å². The van der Waals surface area contributed by atoms with Gasteiger partial charge in [-0.1, -0.05) is 25.4 Å². The average Bonchev–Trinajstić information content (AvgIpc) is 2.46. The molecule has 118 valence electrons. The van der Waals surface area contributed by atoms with Crippen LogP contribution in [-0.4, -0.2) is 39.5 Å². The van der Waals surface area contributed by atoms with Crippen molar-refractivity contribution in [1.29, 1.82) is 0 Å². The first-order valence-corrected chi connectivity index (χ1v) is 7.91. The summed E-state index contributed by atoms with van der Waals surface area (Å²) in [7, 11) is 0. The summed E-state index contributed by atoms with van der Waals surface area (Å²) in [5.74, 6) is 2.18. The van der Waals surface area contributed by atoms with E-state index in [2.05, 4.69) is 19.2 Å². The highest BCUT2D eigenvalue weighted by Crippen LogP contribution is 2.35. The molecule has 21 heavy (non-hydrogen) atoms. The maximum Gasteiger partial charge on any atom is 0.162 e. The molecule has 1 aromatic carbocycles. The van der Waals surface area contributed by atoms with Crippen molar-refractivity contribution in [1.82, 2.24) is 5.32 Å². The first kappa shape index (κ1) is 16.4. The molecule has 1 aromatic rings. The molecule has 5 heteroatoms. The quantitative estimate of drug-likeness (QED) is 0.749. The van der Waals surface area contributed by atoms with Crippen molar-refractivity contribution in [3.8, 4) is 11.5 Å². The van der Waals surface area contributed by atoms with Crippen molar-refractivity contribution in [3.05, 3.63) is 22.7 Å². The number of rotatable bonds is 8. The fourth-order valence-electron chi connectivity index (χ4n) is 2.12. The predicted molar refractivity (Wildman–Crippen MR) is 84.7 cm³/mol. The zero-order valence-electron chi connectivity index (χ0n) is 12.8. The minimum atomic E-state index is 0.579. The number of fused-ring (bicyclic) bond motifs is 1. The lowest BCUT2D eigenvalue weighted by Crippen LogP contribution is -2.24. The lowest BCUT2D eigenvalue weighted by Gasteiger charge is -2.19. The van der Waals surface area contributed by atoms with Gasteiger partial charge in [0.2, 0.25) is 0 Å². The molecule has 0 radical (unpaired) electrons. The molecule has 0 bridgehead atoms. The number of halogens is 1. The molecular weight excluding hydrogens is 290 g/mol. The van der Waals surface area contributed by atoms with Gasteiger partial charge in [-0.3, -0.25) is 0 Å². The Hall–Kier alpha value is -0.970. The topological polar surface area (TPSA) is 39.7 Å². The van der Waals surface area contributed by atoms with Crippen LogP contribution in [0.25, 0.3) is 0 Å². The zero-order valence-corrected chi connectivity index (χ0v) is 13.5. The summed E-state index contributed by atoms with van der Waals surface area (Å²) in [5.41, 5.74) is 1.04. The summed E-state index contributed by atoms with van der Waals surface area (Å²) in [6, 6.07) is 3.78. The van der Waals surface area contributed by atoms with Gasteiger partial charge in [0.25, 0.3) is 0 Å². The van der Waals surface area contributed by atoms with Gasteiger partial charge >= 0.3 is 0 Å². The zero-order chi connectivity index (χ0) is 15.1. The summed E-state index contributed by atoms with van der Waals surface area (Å²) >= 11 is 6.26. The van der Waals surface area contributed by atoms with Gasteiger partial charge in [-0.25, -0.2) is 0 Å². The number of ether oxygens (including phenoxy) is 3. The van der Waals surface area contributed by atoms with Gasteiger partial charge in [-0.2, -0.15) is 0 Å². The third-order valence-electron chi connectivity index (χ3n) is 3.20. The fraction of sp³-hybridized carbons (Fsp3) is 0.625. The van der Waals surface area contributed by atoms with Crippen LogP contribution in [0.5, 0.6) is 11.5 Å². The van der Waals surface area contributed by atoms with Crippen molar-refractivity contribution < 1.29 is 14.2 Å². The molecule has 0 fully saturated rings. The highest BCUT2D eigenvalue weighted by molar-refractivity contribution is 6.31. The van der Waals surface area contributed by atoms with E-state index in [9.17, 15) is 0 Å². The van der Waals surface area contributed by atoms with E-state index < -0.39 is 0 Å². The fourth-order valence-corrected chi connectivity index (χ4v) is 2.37. The average molecular weight is 314 g/mol. The van der Waals surface area contributed by atoms with Crippen molar-refractivity contribution >= 4 is 11.6 Å². The van der Waals surface area contributed by atoms with Crippen LogP contribution in [0.15, 0.2) is 12.1 Å². The van der Waals surface area contributed by atoms with Crippen LogP contribution in [0.1, 0.15) is 19.4 Å². The molecule has 0 aliphatic carbocycles. The number of nitrogens with one attached hydrogen (secondary N) is 1. The molecule has 0 saturated carbocycles. The van der Waals surface area contributed by atoms with E-state index in [-0.39, 0.29) is 0 Å². The van der Waals surface area contributed by atoms with Crippen LogP contribution in [-0.2, 0) is 11.2 Å². The smallest absolute Gasteiger partial charge is 0.162 e. The Bertz CT molecular complexity index is 451. The summed E-state index contributed by atoms with van der Waals surface area (Å²) in [5, 5.41) is 4.06. The number of hydrogen-bond donors (Lipinski definition) is 1. The van der Waals surface area contributed by atoms with Crippen molar-refractivity contribution in [2.75, 3.05) is 39.5 Å². The van der Waals surface area contributed by atoms with Gasteiger partial charge in [0.1, 0.15) is 13.2 Å². The molecule has 1 aliphatic rings. The Morgan fingerprint density at radius 2 is 1.90 bits per heavy atom. The Labute approximate surface area is 131 Å². The largest absolute Gasteiger partial charge is 0.486 e. The Balaban J connectivity index is 1.71. The van der Waals surface area contributed by atoms with Gasteiger partial charge in [-0.15, -0.1) is 0 Å². The lowest BCUT2D eigenvalue weighted by molar-refractivity contribution is 0.138. The molecule has 1 N–H and O–H groups in total. The van der Waals surface area contributed by atoms with E-state index in [1.165, 1.54) is 0 Å². The van der Waals surface area contributed by atoms with Crippen molar-refractivity contribution in [2.45, 2.75) is 20.3 Å². The Morgan fingerprint density at radius 1 is 1.19 bits per heavy atom. The second kappa shape index (κ2) is 8.47. The molecule has 1 heterocycles. The number of benzene rings is 1. The maximum absolute atomic E-state index is 6.26. The van der Waals surface area contributed by atoms with E-state index in [1.807, 2.05) is 12.1 Å². The monoisotopic (exact) mass is 313 g/mol. The molecule has 0 amide bonds. The third-order valence-corrected chi connectivity index (χ3v) is 3.55. The Morgan fingerprint density at radius 3 is 2.62 bits per heavy atom. The molecule has 0 aromatic heterocycles. The molecule has 0 spiro atoms. The summed E-state index contributed by atoms with van der Waals surface area (Å²) in [6.07, 6.45) is 0.777. The van der Waals surface area contributed by atoms with Crippen LogP contribution in [0.2, 0.25) is 5.02 Å². The highest BCUT2D eigenvalue weighted by Gasteiger charge is 2.14. The second-order valence-electron chi connectivity index (χ2n) is 5.55. The molecular formula is C16H24ClNO3. The maximum atomic E-state index is 6.26. The summed E-state index contributed by atoms with van der Waals surface area (Å²) in [6.45, 7) is 8.83. The SMILES string of the molecule is CC(C)CNCCOCCc1cc2c(cc1Cl)OCCO2. The highest BCUT2D eigenvalue weighted by atomic mass is 35.5. The third kappa shape index (κ3) is 5.38. The normalized spacial score (nSPS) is 13.7. The first-order valence-electron chi connectivity index (χ1n) is 7.53. The molecule has 2 rings (SSSR count). The molecule has 0 atom stereocenters. The van der Waals surface area contributed by atoms with Crippen molar-refractivity contribution in [2.24, 2.45) is 5.92 Å². The molecule has 0 saturated heterocycles. The van der Waals surface area contributed by atoms with Gasteiger partial charge in [0.15, 0.2) is 11.5 Å². The second-order valence-corrected chi connectivity index (χ2v) is 5.95. The molecule has 1 aliphatic heterocycles. The standard InChI is InChI=1S/C16H24ClNO3/c1-12(2)11-18-4-6-19-5-3-13-9-15-16(10-14(13)17)21-8-7-20-15/h9-10,12,18H,3-8,11H2,1-2H3. The van der Waals surface area contributed by atoms with Crippen LogP contribution in [0.3, 0.4) is 0 Å². The molecule has 0 unspecified atom stereocenters. The van der Waals surface area contributed by atoms with Crippen molar-refractivity contribution in [3.63, 3.8) is 0 Å². The van der Waals surface area contributed by atoms with E-state index >= 15 is 0 Å². The van der Waals surface area contributed by atoms with Crippen LogP contribution < -0.4 is 14.8 Å². The van der Waals surface area contributed by atoms with Gasteiger partial charge in [0, 0.05) is 17.6 Å². The predicted octanol–water partition coefficient (Wildman–Crippen LogP) is 2.92. The van der Waals surface area contributed by atoms with E-state index in [4.69, 9.17) is 25.8 Å². The number of hydrogen-bond acceptors (Lipinski definition) is 4. The minimum Gasteiger partial charge on any atom is -0.486 e. The van der Waals surface area contributed by atoms with Crippen LogP contribution >= 0.6 is 11.6 Å². The summed E-state index contributed by atoms with van der Waals surface area (Å²) in [4.78, 5) is 0. The van der Waals surface area contributed by atoms with Gasteiger partial charge in [0.05, 0.1) is 13.2 Å². The van der Waals surface area contributed by atoms with Crippen LogP contribution in [0, 0.1) is 5.92 Å². The Kier molecular flexibility index (Phi) is 6.61.